The monoisotopic (exact) mass is 441 g/mol. The highest BCUT2D eigenvalue weighted by Gasteiger charge is 2.21. The number of aryl methyl sites for hydroxylation is 2. The SMILES string of the molecule is Clc1cccc(CCCCCCc2ncc3c(n2)-c2cccnc2Nc2cnccc2-3)c1. The third kappa shape index (κ3) is 4.48. The van der Waals surface area contributed by atoms with E-state index in [4.69, 9.17) is 16.6 Å². The second kappa shape index (κ2) is 9.45. The molecule has 1 aliphatic heterocycles. The Kier molecular flexibility index (Phi) is 6.08. The van der Waals surface area contributed by atoms with Crippen molar-refractivity contribution in [3.05, 3.63) is 83.7 Å². The molecule has 4 aromatic rings. The van der Waals surface area contributed by atoms with Crippen molar-refractivity contribution in [3.8, 4) is 22.4 Å². The van der Waals surface area contributed by atoms with Crippen molar-refractivity contribution < 1.29 is 0 Å². The average molecular weight is 442 g/mol. The first-order valence-corrected chi connectivity index (χ1v) is 11.4. The van der Waals surface area contributed by atoms with Crippen LogP contribution in [0, 0.1) is 0 Å². The molecule has 0 radical (unpaired) electrons. The molecule has 5 rings (SSSR count). The summed E-state index contributed by atoms with van der Waals surface area (Å²) in [4.78, 5) is 18.4. The number of benzene rings is 1. The summed E-state index contributed by atoms with van der Waals surface area (Å²) in [7, 11) is 0. The van der Waals surface area contributed by atoms with Gasteiger partial charge in [-0.3, -0.25) is 4.98 Å². The first kappa shape index (κ1) is 20.6. The van der Waals surface area contributed by atoms with Crippen LogP contribution in [0.2, 0.25) is 5.02 Å². The second-order valence-corrected chi connectivity index (χ2v) is 8.47. The van der Waals surface area contributed by atoms with Crippen LogP contribution in [0.25, 0.3) is 22.4 Å². The van der Waals surface area contributed by atoms with Gasteiger partial charge in [-0.25, -0.2) is 15.0 Å². The molecule has 0 fully saturated rings. The molecule has 0 spiro atoms. The minimum Gasteiger partial charge on any atom is -0.338 e. The highest BCUT2D eigenvalue weighted by Crippen LogP contribution is 2.41. The van der Waals surface area contributed by atoms with E-state index in [1.165, 1.54) is 18.4 Å². The summed E-state index contributed by atoms with van der Waals surface area (Å²) in [5, 5.41) is 4.22. The molecule has 1 aromatic carbocycles. The van der Waals surface area contributed by atoms with Gasteiger partial charge in [0.15, 0.2) is 0 Å². The van der Waals surface area contributed by atoms with Gasteiger partial charge in [-0.2, -0.15) is 0 Å². The Morgan fingerprint density at radius 3 is 2.59 bits per heavy atom. The van der Waals surface area contributed by atoms with Crippen LogP contribution in [-0.2, 0) is 12.8 Å². The minimum atomic E-state index is 0.797. The molecule has 1 aliphatic rings. The van der Waals surface area contributed by atoms with Gasteiger partial charge < -0.3 is 5.32 Å². The number of aromatic nitrogens is 4. The Balaban J connectivity index is 1.26. The molecule has 0 amide bonds. The Hall–Kier alpha value is -3.31. The highest BCUT2D eigenvalue weighted by atomic mass is 35.5. The molecule has 0 aliphatic carbocycles. The number of hydrogen-bond acceptors (Lipinski definition) is 5. The van der Waals surface area contributed by atoms with E-state index in [1.807, 2.05) is 36.7 Å². The summed E-state index contributed by atoms with van der Waals surface area (Å²) in [6.45, 7) is 0. The standard InChI is InChI=1S/C26H24ClN5/c27-19-9-5-8-18(15-19)7-3-1-2-4-11-24-30-16-22-20-12-14-28-17-23(20)31-26-21(25(22)32-24)10-6-13-29-26/h5-6,8-10,12-17H,1-4,7,11H2,(H,29,31). The van der Waals surface area contributed by atoms with E-state index >= 15 is 0 Å². The first-order chi connectivity index (χ1) is 15.8. The van der Waals surface area contributed by atoms with Gasteiger partial charge in [0.05, 0.1) is 17.6 Å². The Bertz CT molecular complexity index is 1240. The maximum absolute atomic E-state index is 6.07. The number of pyridine rings is 2. The number of nitrogens with one attached hydrogen (secondary N) is 1. The van der Waals surface area contributed by atoms with Crippen molar-refractivity contribution in [2.45, 2.75) is 38.5 Å². The minimum absolute atomic E-state index is 0.797. The Morgan fingerprint density at radius 1 is 0.781 bits per heavy atom. The third-order valence-corrected chi connectivity index (χ3v) is 6.01. The topological polar surface area (TPSA) is 63.6 Å². The van der Waals surface area contributed by atoms with Crippen molar-refractivity contribution in [3.63, 3.8) is 0 Å². The number of fused-ring (bicyclic) bond motifs is 5. The van der Waals surface area contributed by atoms with Gasteiger partial charge in [0.25, 0.3) is 0 Å². The molecule has 0 saturated carbocycles. The maximum atomic E-state index is 6.07. The molecular formula is C26H24ClN5. The summed E-state index contributed by atoms with van der Waals surface area (Å²) in [6, 6.07) is 14.1. The number of anilines is 2. The molecule has 4 heterocycles. The fourth-order valence-electron chi connectivity index (χ4n) is 4.15. The van der Waals surface area contributed by atoms with Gasteiger partial charge in [-0.15, -0.1) is 0 Å². The number of nitrogens with zero attached hydrogens (tertiary/aromatic N) is 4. The highest BCUT2D eigenvalue weighted by molar-refractivity contribution is 6.30. The van der Waals surface area contributed by atoms with E-state index in [2.05, 4.69) is 38.5 Å². The van der Waals surface area contributed by atoms with Gasteiger partial charge in [0, 0.05) is 46.7 Å². The van der Waals surface area contributed by atoms with Crippen molar-refractivity contribution in [1.82, 2.24) is 19.9 Å². The average Bonchev–Trinajstić information content (AvgIpc) is 2.96. The van der Waals surface area contributed by atoms with Gasteiger partial charge in [0.2, 0.25) is 0 Å². The Labute approximate surface area is 193 Å². The zero-order valence-corrected chi connectivity index (χ0v) is 18.5. The number of halogens is 1. The number of unbranched alkanes of at least 4 members (excludes halogenated alkanes) is 3. The summed E-state index contributed by atoms with van der Waals surface area (Å²) in [5.74, 6) is 1.68. The van der Waals surface area contributed by atoms with Crippen molar-refractivity contribution in [2.75, 3.05) is 5.32 Å². The molecule has 0 saturated heterocycles. The zero-order valence-electron chi connectivity index (χ0n) is 17.8. The quantitative estimate of drug-likeness (QED) is 0.286. The molecule has 1 N–H and O–H groups in total. The van der Waals surface area contributed by atoms with Crippen molar-refractivity contribution in [2.24, 2.45) is 0 Å². The largest absolute Gasteiger partial charge is 0.338 e. The molecule has 5 nitrogen and oxygen atoms in total. The van der Waals surface area contributed by atoms with E-state index in [0.717, 1.165) is 70.4 Å². The predicted molar refractivity (Wildman–Crippen MR) is 129 cm³/mol. The van der Waals surface area contributed by atoms with E-state index < -0.39 is 0 Å². The van der Waals surface area contributed by atoms with Crippen molar-refractivity contribution in [1.29, 1.82) is 0 Å². The van der Waals surface area contributed by atoms with Gasteiger partial charge >= 0.3 is 0 Å². The molecule has 160 valence electrons. The third-order valence-electron chi connectivity index (χ3n) is 5.77. The molecule has 32 heavy (non-hydrogen) atoms. The smallest absolute Gasteiger partial charge is 0.139 e. The molecule has 6 heteroatoms. The van der Waals surface area contributed by atoms with Gasteiger partial charge in [0.1, 0.15) is 11.6 Å². The first-order valence-electron chi connectivity index (χ1n) is 11.0. The molecular weight excluding hydrogens is 418 g/mol. The summed E-state index contributed by atoms with van der Waals surface area (Å²) in [5.41, 5.74) is 6.19. The van der Waals surface area contributed by atoms with E-state index in [9.17, 15) is 0 Å². The molecule has 0 atom stereocenters. The second-order valence-electron chi connectivity index (χ2n) is 8.04. The van der Waals surface area contributed by atoms with Gasteiger partial charge in [-0.05, 0) is 55.2 Å². The molecule has 3 aromatic heterocycles. The van der Waals surface area contributed by atoms with Crippen LogP contribution in [0.4, 0.5) is 11.5 Å². The predicted octanol–water partition coefficient (Wildman–Crippen LogP) is 6.66. The summed E-state index contributed by atoms with van der Waals surface area (Å²) in [6.07, 6.45) is 13.9. The van der Waals surface area contributed by atoms with Crippen LogP contribution in [0.1, 0.15) is 37.1 Å². The Morgan fingerprint density at radius 2 is 1.69 bits per heavy atom. The van der Waals surface area contributed by atoms with E-state index in [-0.39, 0.29) is 0 Å². The zero-order chi connectivity index (χ0) is 21.8. The number of hydrogen-bond donors (Lipinski definition) is 1. The summed E-state index contributed by atoms with van der Waals surface area (Å²) < 4.78 is 0. The van der Waals surface area contributed by atoms with Crippen LogP contribution >= 0.6 is 11.6 Å². The molecule has 0 bridgehead atoms. The fourth-order valence-corrected chi connectivity index (χ4v) is 4.36. The van der Waals surface area contributed by atoms with Crippen LogP contribution in [0.15, 0.2) is 67.3 Å². The lowest BCUT2D eigenvalue weighted by Crippen LogP contribution is -2.00. The fraction of sp³-hybridized carbons (Fsp3) is 0.231. The van der Waals surface area contributed by atoms with Crippen LogP contribution in [-0.4, -0.2) is 19.9 Å². The normalized spacial score (nSPS) is 11.7. The van der Waals surface area contributed by atoms with Crippen LogP contribution in [0.5, 0.6) is 0 Å². The van der Waals surface area contributed by atoms with Crippen LogP contribution in [0.3, 0.4) is 0 Å². The lowest BCUT2D eigenvalue weighted by Gasteiger charge is -2.10. The van der Waals surface area contributed by atoms with Crippen LogP contribution < -0.4 is 5.32 Å². The summed E-state index contributed by atoms with van der Waals surface area (Å²) >= 11 is 6.07. The van der Waals surface area contributed by atoms with E-state index in [1.54, 1.807) is 12.4 Å². The molecule has 0 unspecified atom stereocenters. The maximum Gasteiger partial charge on any atom is 0.139 e. The number of rotatable bonds is 7. The van der Waals surface area contributed by atoms with Crippen molar-refractivity contribution >= 4 is 23.1 Å². The van der Waals surface area contributed by atoms with E-state index in [0.29, 0.717) is 0 Å². The lowest BCUT2D eigenvalue weighted by atomic mass is 10.0. The lowest BCUT2D eigenvalue weighted by molar-refractivity contribution is 0.630. The van der Waals surface area contributed by atoms with Gasteiger partial charge in [-0.1, -0.05) is 36.6 Å².